The molecular formula is C11H17NO4. The number of hydrogen-bond acceptors (Lipinski definition) is 4. The van der Waals surface area contributed by atoms with Crippen molar-refractivity contribution in [1.82, 2.24) is 0 Å². The molecule has 0 saturated carbocycles. The van der Waals surface area contributed by atoms with Crippen molar-refractivity contribution in [2.24, 2.45) is 5.73 Å². The van der Waals surface area contributed by atoms with Crippen LogP contribution in [0.25, 0.3) is 0 Å². The number of hydrogen-bond donors (Lipinski definition) is 2. The number of aliphatic carboxylic acids is 1. The van der Waals surface area contributed by atoms with Crippen molar-refractivity contribution in [2.45, 2.75) is 38.6 Å². The molecule has 0 heterocycles. The lowest BCUT2D eigenvalue weighted by Gasteiger charge is -2.05. The van der Waals surface area contributed by atoms with Crippen molar-refractivity contribution in [1.29, 1.82) is 0 Å². The first-order chi connectivity index (χ1) is 7.36. The van der Waals surface area contributed by atoms with E-state index in [0.29, 0.717) is 19.3 Å². The van der Waals surface area contributed by atoms with Crippen molar-refractivity contribution in [3.05, 3.63) is 12.2 Å². The highest BCUT2D eigenvalue weighted by molar-refractivity contribution is 6.18. The number of rotatable bonds is 8. The Labute approximate surface area is 94.3 Å². The summed E-state index contributed by atoms with van der Waals surface area (Å²) in [4.78, 5) is 32.5. The van der Waals surface area contributed by atoms with E-state index < -0.39 is 12.0 Å². The highest BCUT2D eigenvalue weighted by Gasteiger charge is 2.13. The van der Waals surface area contributed by atoms with Gasteiger partial charge in [0.25, 0.3) is 0 Å². The zero-order chi connectivity index (χ0) is 12.7. The molecule has 0 radical (unpaired) electrons. The van der Waals surface area contributed by atoms with E-state index in [9.17, 15) is 14.4 Å². The third-order valence-corrected chi connectivity index (χ3v) is 2.25. The number of allylic oxidation sites excluding steroid dienone is 1. The number of nitrogens with two attached hydrogens (primary N) is 1. The minimum Gasteiger partial charge on any atom is -0.480 e. The summed E-state index contributed by atoms with van der Waals surface area (Å²) in [5.41, 5.74) is 5.29. The van der Waals surface area contributed by atoms with E-state index in [-0.39, 0.29) is 23.6 Å². The molecule has 1 atom stereocenters. The average molecular weight is 227 g/mol. The lowest BCUT2D eigenvalue weighted by molar-refractivity contribution is -0.138. The number of carboxylic acids is 1. The average Bonchev–Trinajstić information content (AvgIpc) is 2.22. The van der Waals surface area contributed by atoms with Crippen LogP contribution in [0, 0.1) is 0 Å². The first-order valence-corrected chi connectivity index (χ1v) is 5.07. The number of carboxylic acid groups (broad SMARTS) is 1. The Hall–Kier alpha value is -1.49. The summed E-state index contributed by atoms with van der Waals surface area (Å²) in [5, 5.41) is 8.50. The minimum atomic E-state index is -1.04. The maximum Gasteiger partial charge on any atom is 0.320 e. The third-order valence-electron chi connectivity index (χ3n) is 2.25. The molecule has 0 aliphatic heterocycles. The van der Waals surface area contributed by atoms with Crippen LogP contribution >= 0.6 is 0 Å². The topological polar surface area (TPSA) is 97.5 Å². The van der Waals surface area contributed by atoms with Crippen LogP contribution in [0.3, 0.4) is 0 Å². The maximum atomic E-state index is 11.3. The fourth-order valence-electron chi connectivity index (χ4n) is 1.12. The van der Waals surface area contributed by atoms with E-state index in [4.69, 9.17) is 10.8 Å². The number of carbonyl (C=O) groups excluding carboxylic acids is 2. The largest absolute Gasteiger partial charge is 0.480 e. The smallest absolute Gasteiger partial charge is 0.320 e. The molecule has 0 aliphatic carbocycles. The molecule has 5 nitrogen and oxygen atoms in total. The molecule has 0 aromatic carbocycles. The SMILES string of the molecule is C=C(C(C)=O)C(=O)CCCCC(N)C(=O)O. The van der Waals surface area contributed by atoms with Crippen LogP contribution < -0.4 is 5.73 Å². The standard InChI is InChI=1S/C11H17NO4/c1-7(8(2)13)10(14)6-4-3-5-9(12)11(15)16/h9H,1,3-6,12H2,2H3,(H,15,16). The molecule has 0 aliphatic rings. The predicted octanol–water partition coefficient (Wildman–Crippen LogP) is 0.673. The molecule has 0 fully saturated rings. The van der Waals surface area contributed by atoms with Gasteiger partial charge in [0.1, 0.15) is 6.04 Å². The molecule has 0 aromatic heterocycles. The van der Waals surface area contributed by atoms with Crippen LogP contribution in [0.2, 0.25) is 0 Å². The van der Waals surface area contributed by atoms with Gasteiger partial charge in [-0.3, -0.25) is 14.4 Å². The quantitative estimate of drug-likeness (QED) is 0.275. The van der Waals surface area contributed by atoms with Gasteiger partial charge in [-0.15, -0.1) is 0 Å². The fourth-order valence-corrected chi connectivity index (χ4v) is 1.12. The number of ketones is 2. The van der Waals surface area contributed by atoms with Gasteiger partial charge >= 0.3 is 5.97 Å². The Morgan fingerprint density at radius 2 is 1.88 bits per heavy atom. The summed E-state index contributed by atoms with van der Waals surface area (Å²) >= 11 is 0. The van der Waals surface area contributed by atoms with Crippen LogP contribution in [0.5, 0.6) is 0 Å². The van der Waals surface area contributed by atoms with Crippen molar-refractivity contribution in [2.75, 3.05) is 0 Å². The summed E-state index contributed by atoms with van der Waals surface area (Å²) in [5.74, 6) is -1.65. The Morgan fingerprint density at radius 3 is 2.31 bits per heavy atom. The molecule has 0 amide bonds. The highest BCUT2D eigenvalue weighted by atomic mass is 16.4. The fraction of sp³-hybridized carbons (Fsp3) is 0.545. The zero-order valence-corrected chi connectivity index (χ0v) is 9.36. The lowest BCUT2D eigenvalue weighted by Crippen LogP contribution is -2.29. The molecule has 5 heteroatoms. The van der Waals surface area contributed by atoms with Crippen LogP contribution in [0.15, 0.2) is 12.2 Å². The van der Waals surface area contributed by atoms with Gasteiger partial charge in [-0.1, -0.05) is 13.0 Å². The number of Topliss-reactive ketones (excluding diaryl/α,β-unsaturated/α-hetero) is 2. The van der Waals surface area contributed by atoms with Gasteiger partial charge in [0.15, 0.2) is 11.6 Å². The Kier molecular flexibility index (Phi) is 6.25. The molecule has 0 bridgehead atoms. The highest BCUT2D eigenvalue weighted by Crippen LogP contribution is 2.07. The molecule has 3 N–H and O–H groups in total. The monoisotopic (exact) mass is 227 g/mol. The van der Waals surface area contributed by atoms with Gasteiger partial charge < -0.3 is 10.8 Å². The molecule has 0 aromatic rings. The van der Waals surface area contributed by atoms with Gasteiger partial charge in [0, 0.05) is 6.42 Å². The van der Waals surface area contributed by atoms with Gasteiger partial charge in [0.2, 0.25) is 0 Å². The van der Waals surface area contributed by atoms with Crippen LogP contribution in [0.4, 0.5) is 0 Å². The molecule has 1 unspecified atom stereocenters. The van der Waals surface area contributed by atoms with E-state index in [1.165, 1.54) is 6.92 Å². The predicted molar refractivity (Wildman–Crippen MR) is 58.9 cm³/mol. The number of carbonyl (C=O) groups is 3. The van der Waals surface area contributed by atoms with Crippen molar-refractivity contribution < 1.29 is 19.5 Å². The Balaban J connectivity index is 3.75. The summed E-state index contributed by atoms with van der Waals surface area (Å²) < 4.78 is 0. The first-order valence-electron chi connectivity index (χ1n) is 5.07. The lowest BCUT2D eigenvalue weighted by atomic mass is 10.0. The van der Waals surface area contributed by atoms with E-state index >= 15 is 0 Å². The summed E-state index contributed by atoms with van der Waals surface area (Å²) in [6.45, 7) is 4.67. The second-order valence-corrected chi connectivity index (χ2v) is 3.65. The van der Waals surface area contributed by atoms with Crippen molar-refractivity contribution in [3.63, 3.8) is 0 Å². The van der Waals surface area contributed by atoms with Gasteiger partial charge in [-0.05, 0) is 19.8 Å². The van der Waals surface area contributed by atoms with Gasteiger partial charge in [-0.25, -0.2) is 0 Å². The van der Waals surface area contributed by atoms with E-state index in [1.807, 2.05) is 0 Å². The van der Waals surface area contributed by atoms with E-state index in [0.717, 1.165) is 0 Å². The minimum absolute atomic E-state index is 0.00235. The van der Waals surface area contributed by atoms with Crippen molar-refractivity contribution >= 4 is 17.5 Å². The molecule has 16 heavy (non-hydrogen) atoms. The second-order valence-electron chi connectivity index (χ2n) is 3.65. The molecule has 0 spiro atoms. The summed E-state index contributed by atoms with van der Waals surface area (Å²) in [7, 11) is 0. The molecule has 0 rings (SSSR count). The molecular weight excluding hydrogens is 210 g/mol. The van der Waals surface area contributed by atoms with Crippen LogP contribution in [-0.2, 0) is 14.4 Å². The Bertz CT molecular complexity index is 309. The normalized spacial score (nSPS) is 11.9. The van der Waals surface area contributed by atoms with E-state index in [2.05, 4.69) is 6.58 Å². The third kappa shape index (κ3) is 5.41. The van der Waals surface area contributed by atoms with E-state index in [1.54, 1.807) is 0 Å². The van der Waals surface area contributed by atoms with Crippen LogP contribution in [0.1, 0.15) is 32.6 Å². The maximum absolute atomic E-state index is 11.3. The molecule has 0 saturated heterocycles. The first kappa shape index (κ1) is 14.5. The summed E-state index contributed by atoms with van der Waals surface area (Å²) in [6, 6.07) is -0.883. The zero-order valence-electron chi connectivity index (χ0n) is 9.36. The second kappa shape index (κ2) is 6.90. The van der Waals surface area contributed by atoms with Crippen molar-refractivity contribution in [3.8, 4) is 0 Å². The Morgan fingerprint density at radius 1 is 1.31 bits per heavy atom. The van der Waals surface area contributed by atoms with Gasteiger partial charge in [-0.2, -0.15) is 0 Å². The van der Waals surface area contributed by atoms with Gasteiger partial charge in [0.05, 0.1) is 5.57 Å². The number of unbranched alkanes of at least 4 members (excludes halogenated alkanes) is 1. The molecule has 90 valence electrons. The summed E-state index contributed by atoms with van der Waals surface area (Å²) in [6.07, 6.45) is 1.61. The van der Waals surface area contributed by atoms with Crippen LogP contribution in [-0.4, -0.2) is 28.7 Å².